The Bertz CT molecular complexity index is 1020. The van der Waals surface area contributed by atoms with E-state index in [1.165, 1.54) is 32.5 Å². The second-order valence-corrected chi connectivity index (χ2v) is 6.35. The molecule has 1 aliphatic carbocycles. The number of fused-ring (bicyclic) bond motifs is 5. The molecule has 0 N–H and O–H groups in total. The average molecular weight is 283 g/mol. The molecule has 0 radical (unpaired) electrons. The number of likely N-dealkylation sites (N-methyl/N-ethyl adjacent to an activating group) is 1. The van der Waals surface area contributed by atoms with Crippen LogP contribution in [0.15, 0.2) is 60.7 Å². The quantitative estimate of drug-likeness (QED) is 0.613. The van der Waals surface area contributed by atoms with Crippen LogP contribution in [0.1, 0.15) is 11.5 Å². The lowest BCUT2D eigenvalue weighted by Crippen LogP contribution is -2.38. The lowest BCUT2D eigenvalue weighted by molar-refractivity contribution is 0.777. The molecule has 1 nitrogen and oxygen atoms in total. The van der Waals surface area contributed by atoms with Crippen molar-refractivity contribution in [2.24, 2.45) is 0 Å². The molecule has 0 amide bonds. The number of hydrogen-bond acceptors (Lipinski definition) is 1. The first-order valence-electron chi connectivity index (χ1n) is 7.85. The van der Waals surface area contributed by atoms with Crippen molar-refractivity contribution in [1.29, 1.82) is 0 Å². The van der Waals surface area contributed by atoms with Crippen molar-refractivity contribution in [2.45, 2.75) is 12.0 Å². The Hall–Kier alpha value is -2.54. The molecule has 0 spiro atoms. The van der Waals surface area contributed by atoms with Crippen LogP contribution in [-0.4, -0.2) is 13.1 Å². The summed E-state index contributed by atoms with van der Waals surface area (Å²) in [4.78, 5) is 2.43. The lowest BCUT2D eigenvalue weighted by Gasteiger charge is -2.24. The zero-order valence-corrected chi connectivity index (χ0v) is 12.5. The van der Waals surface area contributed by atoms with E-state index in [-0.39, 0.29) is 0 Å². The first kappa shape index (κ1) is 12.0. The molecule has 3 aromatic carbocycles. The van der Waals surface area contributed by atoms with Crippen LogP contribution in [0.2, 0.25) is 0 Å². The first-order chi connectivity index (χ1) is 10.8. The van der Waals surface area contributed by atoms with Gasteiger partial charge in [0, 0.05) is 18.7 Å². The van der Waals surface area contributed by atoms with Gasteiger partial charge in [-0.3, -0.25) is 0 Å². The Morgan fingerprint density at radius 3 is 2.18 bits per heavy atom. The van der Waals surface area contributed by atoms with Crippen LogP contribution in [0.3, 0.4) is 0 Å². The van der Waals surface area contributed by atoms with Crippen molar-refractivity contribution >= 4 is 28.6 Å². The predicted molar refractivity (Wildman–Crippen MR) is 93.5 cm³/mol. The molecule has 2 atom stereocenters. The molecule has 106 valence electrons. The highest BCUT2D eigenvalue weighted by Gasteiger charge is 2.35. The van der Waals surface area contributed by atoms with Crippen LogP contribution in [-0.2, 0) is 0 Å². The Morgan fingerprint density at radius 2 is 1.41 bits per heavy atom. The third-order valence-corrected chi connectivity index (χ3v) is 5.15. The molecular formula is C21H17N. The van der Waals surface area contributed by atoms with E-state index in [0.29, 0.717) is 12.0 Å². The maximum absolute atomic E-state index is 2.44. The van der Waals surface area contributed by atoms with E-state index in [0.717, 1.165) is 0 Å². The third-order valence-electron chi connectivity index (χ3n) is 5.15. The van der Waals surface area contributed by atoms with Crippen LogP contribution < -0.4 is 15.3 Å². The van der Waals surface area contributed by atoms with Gasteiger partial charge < -0.3 is 4.90 Å². The fraction of sp³-hybridized carbons (Fsp3) is 0.143. The first-order valence-corrected chi connectivity index (χ1v) is 7.85. The largest absolute Gasteiger partial charge is 0.367 e. The summed E-state index contributed by atoms with van der Waals surface area (Å²) in [5, 5.41) is 5.37. The minimum Gasteiger partial charge on any atom is -0.367 e. The number of rotatable bonds is 0. The molecule has 1 aliphatic heterocycles. The molecule has 0 saturated heterocycles. The van der Waals surface area contributed by atoms with Gasteiger partial charge >= 0.3 is 0 Å². The van der Waals surface area contributed by atoms with Crippen molar-refractivity contribution in [3.8, 4) is 0 Å². The molecule has 2 aliphatic rings. The van der Waals surface area contributed by atoms with Gasteiger partial charge in [-0.1, -0.05) is 60.7 Å². The Balaban J connectivity index is 1.80. The van der Waals surface area contributed by atoms with Gasteiger partial charge in [-0.25, -0.2) is 0 Å². The third kappa shape index (κ3) is 1.54. The molecule has 22 heavy (non-hydrogen) atoms. The zero-order chi connectivity index (χ0) is 14.7. The Labute approximate surface area is 129 Å². The highest BCUT2D eigenvalue weighted by atomic mass is 15.2. The van der Waals surface area contributed by atoms with Gasteiger partial charge in [0.2, 0.25) is 0 Å². The van der Waals surface area contributed by atoms with Gasteiger partial charge in [0.1, 0.15) is 0 Å². The number of hydrogen-bond donors (Lipinski definition) is 0. The van der Waals surface area contributed by atoms with E-state index in [2.05, 4.69) is 84.8 Å². The molecule has 0 bridgehead atoms. The van der Waals surface area contributed by atoms with E-state index < -0.39 is 0 Å². The average Bonchev–Trinajstić information content (AvgIpc) is 2.83. The van der Waals surface area contributed by atoms with Gasteiger partial charge in [0.25, 0.3) is 0 Å². The maximum atomic E-state index is 2.44. The van der Waals surface area contributed by atoms with Gasteiger partial charge in [-0.2, -0.15) is 0 Å². The lowest BCUT2D eigenvalue weighted by atomic mass is 9.88. The summed E-state index contributed by atoms with van der Waals surface area (Å²) < 4.78 is 0. The summed E-state index contributed by atoms with van der Waals surface area (Å²) in [5.41, 5.74) is 2.82. The predicted octanol–water partition coefficient (Wildman–Crippen LogP) is 3.02. The van der Waals surface area contributed by atoms with E-state index in [1.807, 2.05) is 0 Å². The van der Waals surface area contributed by atoms with E-state index in [9.17, 15) is 0 Å². The Kier molecular flexibility index (Phi) is 2.32. The van der Waals surface area contributed by atoms with Crippen molar-refractivity contribution in [2.75, 3.05) is 11.9 Å². The molecule has 0 saturated carbocycles. The Morgan fingerprint density at radius 1 is 0.773 bits per heavy atom. The number of nitrogens with zero attached hydrogens (tertiary/aromatic N) is 1. The molecular weight excluding hydrogens is 266 g/mol. The minimum atomic E-state index is 0.432. The highest BCUT2D eigenvalue weighted by Crippen LogP contribution is 2.44. The van der Waals surface area contributed by atoms with Gasteiger partial charge in [0.15, 0.2) is 0 Å². The van der Waals surface area contributed by atoms with Gasteiger partial charge in [-0.15, -0.1) is 0 Å². The molecule has 0 aromatic heterocycles. The fourth-order valence-electron chi connectivity index (χ4n) is 4.00. The normalized spacial score (nSPS) is 21.6. The van der Waals surface area contributed by atoms with Gasteiger partial charge in [0.05, 0.1) is 6.04 Å². The van der Waals surface area contributed by atoms with E-state index in [4.69, 9.17) is 0 Å². The molecule has 1 heterocycles. The standard InChI is InChI=1S/C21H17N/c1-22-20-12-16-8-4-2-6-14(16)10-18(20)19-11-15-7-3-5-9-17(15)13-21(19)22/h2-13,18,20H,1H3. The van der Waals surface area contributed by atoms with Crippen molar-refractivity contribution in [3.05, 3.63) is 76.7 Å². The summed E-state index contributed by atoms with van der Waals surface area (Å²) in [6.45, 7) is 0. The molecule has 1 heteroatoms. The monoisotopic (exact) mass is 283 g/mol. The second kappa shape index (κ2) is 4.23. The summed E-state index contributed by atoms with van der Waals surface area (Å²) in [5.74, 6) is 0.458. The van der Waals surface area contributed by atoms with Crippen LogP contribution in [0.4, 0.5) is 5.69 Å². The summed E-state index contributed by atoms with van der Waals surface area (Å²) in [7, 11) is 2.22. The number of benzene rings is 3. The molecule has 2 unspecified atom stereocenters. The van der Waals surface area contributed by atoms with Crippen molar-refractivity contribution in [3.63, 3.8) is 0 Å². The topological polar surface area (TPSA) is 3.24 Å². The fourth-order valence-corrected chi connectivity index (χ4v) is 4.00. The van der Waals surface area contributed by atoms with E-state index in [1.54, 1.807) is 0 Å². The SMILES string of the molecule is CN1c2cc3ccccc3cc2C2C=c3ccccc3=CC21. The van der Waals surface area contributed by atoms with Crippen LogP contribution in [0, 0.1) is 0 Å². The summed E-state index contributed by atoms with van der Waals surface area (Å²) >= 11 is 0. The van der Waals surface area contributed by atoms with Gasteiger partial charge in [-0.05, 0) is 38.9 Å². The zero-order valence-electron chi connectivity index (χ0n) is 12.5. The van der Waals surface area contributed by atoms with Crippen LogP contribution in [0.25, 0.3) is 22.9 Å². The highest BCUT2D eigenvalue weighted by molar-refractivity contribution is 5.90. The van der Waals surface area contributed by atoms with Crippen molar-refractivity contribution in [1.82, 2.24) is 0 Å². The maximum Gasteiger partial charge on any atom is 0.0583 e. The van der Waals surface area contributed by atoms with Crippen LogP contribution in [0.5, 0.6) is 0 Å². The minimum absolute atomic E-state index is 0.432. The molecule has 3 aromatic rings. The summed E-state index contributed by atoms with van der Waals surface area (Å²) in [6.07, 6.45) is 4.86. The smallest absolute Gasteiger partial charge is 0.0583 e. The number of anilines is 1. The van der Waals surface area contributed by atoms with E-state index >= 15 is 0 Å². The second-order valence-electron chi connectivity index (χ2n) is 6.35. The van der Waals surface area contributed by atoms with Crippen molar-refractivity contribution < 1.29 is 0 Å². The van der Waals surface area contributed by atoms with Crippen LogP contribution >= 0.6 is 0 Å². The summed E-state index contributed by atoms with van der Waals surface area (Å²) in [6, 6.07) is 22.5. The molecule has 0 fully saturated rings. The molecule has 5 rings (SSSR count).